The molecule has 0 saturated heterocycles. The third-order valence-electron chi connectivity index (χ3n) is 1.83. The van der Waals surface area contributed by atoms with Crippen molar-refractivity contribution in [3.05, 3.63) is 34.9 Å². The van der Waals surface area contributed by atoms with E-state index in [9.17, 15) is 14.0 Å². The van der Waals surface area contributed by atoms with Crippen molar-refractivity contribution < 1.29 is 18.7 Å². The number of esters is 1. The highest BCUT2D eigenvalue weighted by Crippen LogP contribution is 2.14. The topological polar surface area (TPSA) is 43.4 Å². The maximum absolute atomic E-state index is 13.3. The molecule has 0 spiro atoms. The summed E-state index contributed by atoms with van der Waals surface area (Å²) in [6, 6.07) is 5.75. The molecule has 5 heteroatoms. The van der Waals surface area contributed by atoms with Crippen molar-refractivity contribution in [2.75, 3.05) is 6.61 Å². The van der Waals surface area contributed by atoms with Crippen molar-refractivity contribution in [2.45, 2.75) is 13.1 Å². The lowest BCUT2D eigenvalue weighted by molar-refractivity contribution is -0.147. The fourth-order valence-corrected chi connectivity index (χ4v) is 1.30. The first kappa shape index (κ1) is 12.6. The van der Waals surface area contributed by atoms with Crippen molar-refractivity contribution in [3.8, 4) is 0 Å². The molecule has 1 rings (SSSR count). The van der Waals surface area contributed by atoms with Crippen molar-refractivity contribution in [1.29, 1.82) is 0 Å². The maximum Gasteiger partial charge on any atom is 0.348 e. The molecular weight excluding hydrogens is 235 g/mol. The van der Waals surface area contributed by atoms with E-state index in [4.69, 9.17) is 11.6 Å². The van der Waals surface area contributed by atoms with Gasteiger partial charge in [0, 0.05) is 10.6 Å². The molecule has 0 amide bonds. The number of carbonyl (C=O) groups is 2. The van der Waals surface area contributed by atoms with Gasteiger partial charge in [-0.1, -0.05) is 23.7 Å². The van der Waals surface area contributed by atoms with Gasteiger partial charge in [-0.05, 0) is 19.1 Å². The average molecular weight is 245 g/mol. The predicted molar refractivity (Wildman–Crippen MR) is 57.3 cm³/mol. The maximum atomic E-state index is 13.3. The van der Waals surface area contributed by atoms with E-state index in [-0.39, 0.29) is 12.2 Å². The molecule has 0 saturated carbocycles. The minimum atomic E-state index is -2.29. The van der Waals surface area contributed by atoms with E-state index in [1.54, 1.807) is 6.07 Å². The molecule has 0 aliphatic carbocycles. The third kappa shape index (κ3) is 3.03. The lowest BCUT2D eigenvalue weighted by Crippen LogP contribution is -2.27. The van der Waals surface area contributed by atoms with Gasteiger partial charge in [0.15, 0.2) is 0 Å². The quantitative estimate of drug-likeness (QED) is 0.464. The number of hydrogen-bond donors (Lipinski definition) is 0. The highest BCUT2D eigenvalue weighted by Gasteiger charge is 2.28. The minimum absolute atomic E-state index is 0.0298. The molecule has 1 atom stereocenters. The molecule has 0 heterocycles. The number of ether oxygens (including phenoxy) is 1. The Kier molecular flexibility index (Phi) is 4.43. The van der Waals surface area contributed by atoms with Crippen molar-refractivity contribution in [1.82, 2.24) is 0 Å². The molecule has 0 aliphatic rings. The minimum Gasteiger partial charge on any atom is -0.463 e. The van der Waals surface area contributed by atoms with Gasteiger partial charge in [0.05, 0.1) is 6.61 Å². The van der Waals surface area contributed by atoms with Crippen LogP contribution >= 0.6 is 11.6 Å². The van der Waals surface area contributed by atoms with Crippen molar-refractivity contribution in [3.63, 3.8) is 0 Å². The molecule has 16 heavy (non-hydrogen) atoms. The number of halogens is 2. The van der Waals surface area contributed by atoms with Crippen LogP contribution in [0.25, 0.3) is 0 Å². The molecule has 0 aliphatic heterocycles. The monoisotopic (exact) mass is 244 g/mol. The van der Waals surface area contributed by atoms with Gasteiger partial charge in [-0.3, -0.25) is 4.79 Å². The number of carbonyl (C=O) groups excluding carboxylic acids is 2. The molecule has 0 radical (unpaired) electrons. The predicted octanol–water partition coefficient (Wildman–Crippen LogP) is 2.42. The molecule has 86 valence electrons. The Hall–Kier alpha value is -1.42. The Morgan fingerprint density at radius 3 is 2.75 bits per heavy atom. The van der Waals surface area contributed by atoms with Crippen LogP contribution in [0.3, 0.4) is 0 Å². The zero-order valence-corrected chi connectivity index (χ0v) is 9.33. The highest BCUT2D eigenvalue weighted by atomic mass is 35.5. The van der Waals surface area contributed by atoms with E-state index in [1.807, 2.05) is 0 Å². The number of Topliss-reactive ketones (excluding diaryl/α,β-unsaturated/α-hetero) is 1. The largest absolute Gasteiger partial charge is 0.463 e. The normalized spacial score (nSPS) is 11.9. The molecule has 1 aromatic rings. The first-order valence-corrected chi connectivity index (χ1v) is 5.04. The van der Waals surface area contributed by atoms with Crippen molar-refractivity contribution >= 4 is 23.4 Å². The second-order valence-electron chi connectivity index (χ2n) is 2.99. The Labute approximate surface area is 97.2 Å². The van der Waals surface area contributed by atoms with E-state index in [0.717, 1.165) is 0 Å². The number of ketones is 1. The van der Waals surface area contributed by atoms with E-state index >= 15 is 0 Å². The Bertz CT molecular complexity index is 406. The lowest BCUT2D eigenvalue weighted by Gasteiger charge is -2.06. The Morgan fingerprint density at radius 2 is 2.19 bits per heavy atom. The summed E-state index contributed by atoms with van der Waals surface area (Å²) in [7, 11) is 0. The summed E-state index contributed by atoms with van der Waals surface area (Å²) in [4.78, 5) is 22.5. The molecule has 3 nitrogen and oxygen atoms in total. The summed E-state index contributed by atoms with van der Waals surface area (Å²) >= 11 is 5.64. The molecule has 0 fully saturated rings. The number of alkyl halides is 1. The van der Waals surface area contributed by atoms with Gasteiger partial charge in [-0.2, -0.15) is 0 Å². The lowest BCUT2D eigenvalue weighted by atomic mass is 10.1. The average Bonchev–Trinajstić information content (AvgIpc) is 2.27. The van der Waals surface area contributed by atoms with Gasteiger partial charge < -0.3 is 4.74 Å². The van der Waals surface area contributed by atoms with Gasteiger partial charge in [0.25, 0.3) is 6.17 Å². The molecule has 1 unspecified atom stereocenters. The molecular formula is C11H10ClFO3. The molecule has 1 aromatic carbocycles. The van der Waals surface area contributed by atoms with Gasteiger partial charge >= 0.3 is 5.97 Å². The second kappa shape index (κ2) is 5.61. The Balaban J connectivity index is 2.82. The smallest absolute Gasteiger partial charge is 0.348 e. The van der Waals surface area contributed by atoms with Crippen LogP contribution in [0.5, 0.6) is 0 Å². The molecule has 0 aromatic heterocycles. The van der Waals surface area contributed by atoms with E-state index < -0.39 is 17.9 Å². The van der Waals surface area contributed by atoms with Crippen LogP contribution in [-0.4, -0.2) is 24.5 Å². The standard InChI is InChI=1S/C11H10ClFO3/c1-2-16-11(15)9(13)10(14)7-4-3-5-8(12)6-7/h3-6,9H,2H2,1H3. The van der Waals surface area contributed by atoms with Crippen LogP contribution in [0.4, 0.5) is 4.39 Å². The highest BCUT2D eigenvalue weighted by molar-refractivity contribution is 6.31. The van der Waals surface area contributed by atoms with Crippen LogP contribution < -0.4 is 0 Å². The number of benzene rings is 1. The SMILES string of the molecule is CCOC(=O)C(F)C(=O)c1cccc(Cl)c1. The summed E-state index contributed by atoms with van der Waals surface area (Å²) < 4.78 is 17.7. The van der Waals surface area contributed by atoms with Gasteiger partial charge in [-0.25, -0.2) is 9.18 Å². The van der Waals surface area contributed by atoms with E-state index in [1.165, 1.54) is 25.1 Å². The van der Waals surface area contributed by atoms with Crippen LogP contribution in [0.1, 0.15) is 17.3 Å². The zero-order valence-electron chi connectivity index (χ0n) is 8.57. The third-order valence-corrected chi connectivity index (χ3v) is 2.07. The summed E-state index contributed by atoms with van der Waals surface area (Å²) in [5.74, 6) is -2.12. The number of hydrogen-bond acceptors (Lipinski definition) is 3. The summed E-state index contributed by atoms with van der Waals surface area (Å²) in [6.45, 7) is 1.57. The Morgan fingerprint density at radius 1 is 1.50 bits per heavy atom. The van der Waals surface area contributed by atoms with Crippen LogP contribution in [0, 0.1) is 0 Å². The van der Waals surface area contributed by atoms with Crippen molar-refractivity contribution in [2.24, 2.45) is 0 Å². The van der Waals surface area contributed by atoms with Gasteiger partial charge in [0.1, 0.15) is 0 Å². The number of rotatable bonds is 4. The van der Waals surface area contributed by atoms with E-state index in [2.05, 4.69) is 4.74 Å². The summed E-state index contributed by atoms with van der Waals surface area (Å²) in [5.41, 5.74) is 0.0491. The zero-order chi connectivity index (χ0) is 12.1. The van der Waals surface area contributed by atoms with Crippen LogP contribution in [-0.2, 0) is 9.53 Å². The first-order chi connectivity index (χ1) is 7.56. The van der Waals surface area contributed by atoms with Crippen LogP contribution in [0.2, 0.25) is 5.02 Å². The molecule has 0 N–H and O–H groups in total. The van der Waals surface area contributed by atoms with Crippen LogP contribution in [0.15, 0.2) is 24.3 Å². The summed E-state index contributed by atoms with van der Waals surface area (Å²) in [5, 5.41) is 0.307. The molecule has 0 bridgehead atoms. The van der Waals surface area contributed by atoms with Gasteiger partial charge in [-0.15, -0.1) is 0 Å². The van der Waals surface area contributed by atoms with Gasteiger partial charge in [0.2, 0.25) is 5.78 Å². The van der Waals surface area contributed by atoms with E-state index in [0.29, 0.717) is 5.02 Å². The second-order valence-corrected chi connectivity index (χ2v) is 3.43. The fraction of sp³-hybridized carbons (Fsp3) is 0.273. The summed E-state index contributed by atoms with van der Waals surface area (Å²) in [6.07, 6.45) is -2.29. The fourth-order valence-electron chi connectivity index (χ4n) is 1.11. The first-order valence-electron chi connectivity index (χ1n) is 4.66.